The predicted octanol–water partition coefficient (Wildman–Crippen LogP) is 2.17. The van der Waals surface area contributed by atoms with E-state index in [2.05, 4.69) is 10.0 Å². The van der Waals surface area contributed by atoms with Gasteiger partial charge in [-0.3, -0.25) is 4.79 Å². The molecule has 2 N–H and O–H groups in total. The van der Waals surface area contributed by atoms with Crippen LogP contribution in [0, 0.1) is 0 Å². The van der Waals surface area contributed by atoms with E-state index >= 15 is 0 Å². The van der Waals surface area contributed by atoms with Gasteiger partial charge in [0, 0.05) is 31.5 Å². The SMILES string of the molecule is COc1ccc(NC(=O)CCNS(=O)(=O)c2ccc3c(c2)OCCCO3)c(OC)c1. The summed E-state index contributed by atoms with van der Waals surface area (Å²) >= 11 is 0. The Hall–Kier alpha value is -2.98. The number of fused-ring (bicyclic) bond motifs is 1. The van der Waals surface area contributed by atoms with E-state index in [1.54, 1.807) is 24.3 Å². The lowest BCUT2D eigenvalue weighted by molar-refractivity contribution is -0.116. The number of benzene rings is 2. The van der Waals surface area contributed by atoms with E-state index in [1.807, 2.05) is 0 Å². The number of rotatable bonds is 8. The molecule has 0 bridgehead atoms. The maximum absolute atomic E-state index is 12.5. The Balaban J connectivity index is 1.58. The van der Waals surface area contributed by atoms with Gasteiger partial charge in [-0.2, -0.15) is 0 Å². The number of anilines is 1. The zero-order chi connectivity index (χ0) is 21.6. The molecule has 0 unspecified atom stereocenters. The lowest BCUT2D eigenvalue weighted by atomic mass is 10.2. The van der Waals surface area contributed by atoms with Crippen LogP contribution in [-0.4, -0.2) is 48.3 Å². The minimum atomic E-state index is -3.80. The second-order valence-electron chi connectivity index (χ2n) is 6.42. The summed E-state index contributed by atoms with van der Waals surface area (Å²) in [7, 11) is -0.793. The maximum Gasteiger partial charge on any atom is 0.240 e. The van der Waals surface area contributed by atoms with Crippen molar-refractivity contribution >= 4 is 21.6 Å². The van der Waals surface area contributed by atoms with E-state index in [1.165, 1.54) is 26.4 Å². The largest absolute Gasteiger partial charge is 0.497 e. The minimum Gasteiger partial charge on any atom is -0.497 e. The van der Waals surface area contributed by atoms with Crippen LogP contribution >= 0.6 is 0 Å². The summed E-state index contributed by atoms with van der Waals surface area (Å²) in [6, 6.07) is 9.41. The van der Waals surface area contributed by atoms with Crippen molar-refractivity contribution in [3.05, 3.63) is 36.4 Å². The van der Waals surface area contributed by atoms with Gasteiger partial charge in [-0.05, 0) is 24.3 Å². The molecule has 2 aromatic carbocycles. The van der Waals surface area contributed by atoms with Crippen LogP contribution in [-0.2, 0) is 14.8 Å². The smallest absolute Gasteiger partial charge is 0.240 e. The number of sulfonamides is 1. The molecule has 30 heavy (non-hydrogen) atoms. The molecule has 0 atom stereocenters. The number of amides is 1. The number of ether oxygens (including phenoxy) is 4. The third kappa shape index (κ3) is 5.33. The van der Waals surface area contributed by atoms with Crippen molar-refractivity contribution in [1.82, 2.24) is 4.72 Å². The topological polar surface area (TPSA) is 112 Å². The molecule has 0 fully saturated rings. The highest BCUT2D eigenvalue weighted by Crippen LogP contribution is 2.32. The molecule has 0 saturated carbocycles. The Labute approximate surface area is 175 Å². The van der Waals surface area contributed by atoms with E-state index in [4.69, 9.17) is 18.9 Å². The molecule has 9 nitrogen and oxygen atoms in total. The summed E-state index contributed by atoms with van der Waals surface area (Å²) in [6.07, 6.45) is 0.669. The molecular weight excluding hydrogens is 412 g/mol. The molecule has 162 valence electrons. The Morgan fingerprint density at radius 1 is 1.03 bits per heavy atom. The minimum absolute atomic E-state index is 0.0454. The first-order valence-electron chi connectivity index (χ1n) is 9.34. The molecule has 1 amide bonds. The van der Waals surface area contributed by atoms with E-state index in [-0.39, 0.29) is 23.8 Å². The van der Waals surface area contributed by atoms with Gasteiger partial charge in [0.15, 0.2) is 11.5 Å². The number of nitrogens with one attached hydrogen (secondary N) is 2. The summed E-state index contributed by atoms with van der Waals surface area (Å²) in [5, 5.41) is 2.70. The van der Waals surface area contributed by atoms with Crippen LogP contribution in [0.4, 0.5) is 5.69 Å². The molecule has 3 rings (SSSR count). The van der Waals surface area contributed by atoms with Gasteiger partial charge in [-0.25, -0.2) is 13.1 Å². The molecule has 10 heteroatoms. The molecule has 1 aliphatic rings. The number of hydrogen-bond donors (Lipinski definition) is 2. The lowest BCUT2D eigenvalue weighted by Gasteiger charge is -2.12. The van der Waals surface area contributed by atoms with Crippen LogP contribution < -0.4 is 29.0 Å². The first-order chi connectivity index (χ1) is 14.4. The van der Waals surface area contributed by atoms with Crippen molar-refractivity contribution in [1.29, 1.82) is 0 Å². The van der Waals surface area contributed by atoms with Crippen molar-refractivity contribution in [3.63, 3.8) is 0 Å². The fourth-order valence-corrected chi connectivity index (χ4v) is 3.85. The molecule has 1 heterocycles. The van der Waals surface area contributed by atoms with Gasteiger partial charge in [0.05, 0.1) is 38.0 Å². The van der Waals surface area contributed by atoms with E-state index < -0.39 is 10.0 Å². The number of methoxy groups -OCH3 is 2. The van der Waals surface area contributed by atoms with Crippen LogP contribution in [0.25, 0.3) is 0 Å². The van der Waals surface area contributed by atoms with Gasteiger partial charge in [0.2, 0.25) is 15.9 Å². The lowest BCUT2D eigenvalue weighted by Crippen LogP contribution is -2.28. The van der Waals surface area contributed by atoms with Crippen LogP contribution in [0.15, 0.2) is 41.3 Å². The fourth-order valence-electron chi connectivity index (χ4n) is 2.81. The molecular formula is C20H24N2O7S. The van der Waals surface area contributed by atoms with Gasteiger partial charge in [-0.1, -0.05) is 0 Å². The molecule has 1 aliphatic heterocycles. The van der Waals surface area contributed by atoms with E-state index in [0.717, 1.165) is 6.42 Å². The Kier molecular flexibility index (Phi) is 7.01. The van der Waals surface area contributed by atoms with Crippen LogP contribution in [0.2, 0.25) is 0 Å². The molecule has 0 saturated heterocycles. The van der Waals surface area contributed by atoms with Crippen molar-refractivity contribution < 1.29 is 32.2 Å². The third-order valence-corrected chi connectivity index (χ3v) is 5.81. The molecule has 2 aromatic rings. The second-order valence-corrected chi connectivity index (χ2v) is 8.19. The summed E-state index contributed by atoms with van der Waals surface area (Å²) in [6.45, 7) is 0.908. The summed E-state index contributed by atoms with van der Waals surface area (Å²) in [4.78, 5) is 12.3. The molecule has 0 aromatic heterocycles. The zero-order valence-electron chi connectivity index (χ0n) is 16.8. The van der Waals surface area contributed by atoms with Crippen LogP contribution in [0.5, 0.6) is 23.0 Å². The molecule has 0 radical (unpaired) electrons. The normalized spacial score (nSPS) is 13.3. The van der Waals surface area contributed by atoms with Crippen molar-refractivity contribution in [3.8, 4) is 23.0 Å². The zero-order valence-corrected chi connectivity index (χ0v) is 17.6. The number of carbonyl (C=O) groups excluding carboxylic acids is 1. The van der Waals surface area contributed by atoms with E-state index in [0.29, 0.717) is 41.9 Å². The third-order valence-electron chi connectivity index (χ3n) is 4.36. The summed E-state index contributed by atoms with van der Waals surface area (Å²) in [5.41, 5.74) is 0.467. The van der Waals surface area contributed by atoms with Gasteiger partial charge in [0.25, 0.3) is 0 Å². The monoisotopic (exact) mass is 436 g/mol. The second kappa shape index (κ2) is 9.68. The molecule has 0 aliphatic carbocycles. The number of hydrogen-bond acceptors (Lipinski definition) is 7. The standard InChI is InChI=1S/C20H24N2O7S/c1-26-14-4-6-16(18(12-14)27-2)22-20(23)8-9-21-30(24,25)15-5-7-17-19(13-15)29-11-3-10-28-17/h4-7,12-13,21H,3,8-11H2,1-2H3,(H,22,23). The first kappa shape index (κ1) is 21.7. The highest BCUT2D eigenvalue weighted by molar-refractivity contribution is 7.89. The Bertz CT molecular complexity index is 1010. The summed E-state index contributed by atoms with van der Waals surface area (Å²) in [5.74, 6) is 1.57. The van der Waals surface area contributed by atoms with Gasteiger partial charge < -0.3 is 24.3 Å². The average molecular weight is 436 g/mol. The fraction of sp³-hybridized carbons (Fsp3) is 0.350. The van der Waals surface area contributed by atoms with Crippen molar-refractivity contribution in [2.75, 3.05) is 39.3 Å². The van der Waals surface area contributed by atoms with Gasteiger partial charge in [0.1, 0.15) is 11.5 Å². The quantitative estimate of drug-likeness (QED) is 0.652. The summed E-state index contributed by atoms with van der Waals surface area (Å²) < 4.78 is 48.9. The van der Waals surface area contributed by atoms with Crippen LogP contribution in [0.3, 0.4) is 0 Å². The Morgan fingerprint density at radius 2 is 1.80 bits per heavy atom. The van der Waals surface area contributed by atoms with E-state index in [9.17, 15) is 13.2 Å². The van der Waals surface area contributed by atoms with Crippen LogP contribution in [0.1, 0.15) is 12.8 Å². The number of carbonyl (C=O) groups is 1. The Morgan fingerprint density at radius 3 is 2.53 bits per heavy atom. The highest BCUT2D eigenvalue weighted by atomic mass is 32.2. The average Bonchev–Trinajstić information content (AvgIpc) is 2.98. The van der Waals surface area contributed by atoms with Gasteiger partial charge in [-0.15, -0.1) is 0 Å². The van der Waals surface area contributed by atoms with Crippen molar-refractivity contribution in [2.45, 2.75) is 17.7 Å². The maximum atomic E-state index is 12.5. The first-order valence-corrected chi connectivity index (χ1v) is 10.8. The highest BCUT2D eigenvalue weighted by Gasteiger charge is 2.19. The predicted molar refractivity (Wildman–Crippen MR) is 110 cm³/mol. The van der Waals surface area contributed by atoms with Crippen molar-refractivity contribution in [2.24, 2.45) is 0 Å². The van der Waals surface area contributed by atoms with Gasteiger partial charge >= 0.3 is 0 Å². The molecule has 0 spiro atoms.